The van der Waals surface area contributed by atoms with Crippen molar-refractivity contribution in [2.24, 2.45) is 0 Å². The van der Waals surface area contributed by atoms with Gasteiger partial charge in [0.2, 0.25) is 0 Å². The number of carbonyl (C=O) groups is 1. The van der Waals surface area contributed by atoms with Gasteiger partial charge in [-0.05, 0) is 55.8 Å². The summed E-state index contributed by atoms with van der Waals surface area (Å²) in [6.45, 7) is 4.04. The van der Waals surface area contributed by atoms with Gasteiger partial charge in [0.1, 0.15) is 30.5 Å². The van der Waals surface area contributed by atoms with Crippen molar-refractivity contribution in [2.45, 2.75) is 27.1 Å². The first-order chi connectivity index (χ1) is 12.5. The van der Waals surface area contributed by atoms with Gasteiger partial charge < -0.3 is 14.0 Å². The Labute approximate surface area is 150 Å². The topological polar surface area (TPSA) is 61.6 Å². The Kier molecular flexibility index (Phi) is 5.31. The van der Waals surface area contributed by atoms with Gasteiger partial charge in [-0.3, -0.25) is 0 Å². The third kappa shape index (κ3) is 4.27. The summed E-state index contributed by atoms with van der Waals surface area (Å²) >= 11 is 0. The van der Waals surface area contributed by atoms with Crippen molar-refractivity contribution in [3.8, 4) is 5.75 Å². The van der Waals surface area contributed by atoms with Crippen molar-refractivity contribution in [1.82, 2.24) is 5.16 Å². The molecule has 1 aromatic heterocycles. The van der Waals surface area contributed by atoms with E-state index < -0.39 is 5.97 Å². The molecule has 0 saturated carbocycles. The number of carbonyl (C=O) groups excluding carboxylic acids is 1. The van der Waals surface area contributed by atoms with Crippen molar-refractivity contribution in [1.29, 1.82) is 0 Å². The van der Waals surface area contributed by atoms with E-state index in [4.69, 9.17) is 14.0 Å². The lowest BCUT2D eigenvalue weighted by Crippen LogP contribution is -2.05. The van der Waals surface area contributed by atoms with Crippen molar-refractivity contribution in [3.05, 3.63) is 82.5 Å². The number of nitrogens with zero attached hydrogens (tertiary/aromatic N) is 1. The van der Waals surface area contributed by atoms with Crippen LogP contribution in [0.15, 0.2) is 53.1 Å². The molecule has 6 heteroatoms. The van der Waals surface area contributed by atoms with Gasteiger partial charge in [0.05, 0.1) is 16.8 Å². The zero-order valence-electron chi connectivity index (χ0n) is 14.5. The summed E-state index contributed by atoms with van der Waals surface area (Å²) in [6.07, 6.45) is 0. The van der Waals surface area contributed by atoms with Gasteiger partial charge in [-0.1, -0.05) is 17.3 Å². The van der Waals surface area contributed by atoms with Gasteiger partial charge in [0.25, 0.3) is 0 Å². The second-order valence-corrected chi connectivity index (χ2v) is 5.82. The Hall–Kier alpha value is -3.15. The molecule has 0 radical (unpaired) electrons. The van der Waals surface area contributed by atoms with Crippen LogP contribution in [-0.4, -0.2) is 11.1 Å². The summed E-state index contributed by atoms with van der Waals surface area (Å²) in [5, 5.41) is 3.88. The highest BCUT2D eigenvalue weighted by Crippen LogP contribution is 2.18. The standard InChI is InChI=1S/C20H18FNO4/c1-13-19(14(2)26-22-13)12-24-18-8-6-16(7-9-18)20(23)25-11-15-4-3-5-17(21)10-15/h3-10H,11-12H2,1-2H3. The number of esters is 1. The van der Waals surface area contributed by atoms with E-state index in [-0.39, 0.29) is 12.4 Å². The lowest BCUT2D eigenvalue weighted by molar-refractivity contribution is 0.0472. The summed E-state index contributed by atoms with van der Waals surface area (Å²) in [5.41, 5.74) is 2.69. The number of aryl methyl sites for hydroxylation is 2. The summed E-state index contributed by atoms with van der Waals surface area (Å²) in [7, 11) is 0. The van der Waals surface area contributed by atoms with E-state index in [2.05, 4.69) is 5.16 Å². The van der Waals surface area contributed by atoms with Crippen LogP contribution in [0.25, 0.3) is 0 Å². The van der Waals surface area contributed by atoms with E-state index in [0.717, 1.165) is 17.0 Å². The second kappa shape index (κ2) is 7.82. The average molecular weight is 355 g/mol. The number of aromatic nitrogens is 1. The van der Waals surface area contributed by atoms with Crippen molar-refractivity contribution >= 4 is 5.97 Å². The smallest absolute Gasteiger partial charge is 0.338 e. The van der Waals surface area contributed by atoms with E-state index in [0.29, 0.717) is 23.5 Å². The molecule has 26 heavy (non-hydrogen) atoms. The number of halogens is 1. The van der Waals surface area contributed by atoms with Gasteiger partial charge in [0.15, 0.2) is 0 Å². The van der Waals surface area contributed by atoms with Crippen LogP contribution in [0.5, 0.6) is 5.75 Å². The molecule has 0 N–H and O–H groups in total. The molecule has 0 fully saturated rings. The first kappa shape index (κ1) is 17.7. The second-order valence-electron chi connectivity index (χ2n) is 5.82. The van der Waals surface area contributed by atoms with Crippen LogP contribution in [-0.2, 0) is 18.0 Å². The van der Waals surface area contributed by atoms with Gasteiger partial charge in [-0.2, -0.15) is 0 Å². The molecule has 134 valence electrons. The molecule has 0 aliphatic rings. The van der Waals surface area contributed by atoms with Crippen LogP contribution in [0, 0.1) is 19.7 Å². The van der Waals surface area contributed by atoms with Crippen LogP contribution in [0.2, 0.25) is 0 Å². The van der Waals surface area contributed by atoms with E-state index in [1.54, 1.807) is 36.4 Å². The molecule has 0 bridgehead atoms. The maximum Gasteiger partial charge on any atom is 0.338 e. The number of hydrogen-bond acceptors (Lipinski definition) is 5. The predicted octanol–water partition coefficient (Wildman–Crippen LogP) is 4.37. The average Bonchev–Trinajstić information content (AvgIpc) is 2.96. The van der Waals surface area contributed by atoms with E-state index >= 15 is 0 Å². The largest absolute Gasteiger partial charge is 0.489 e. The van der Waals surface area contributed by atoms with Crippen LogP contribution < -0.4 is 4.74 Å². The Morgan fingerprint density at radius 1 is 1.12 bits per heavy atom. The minimum Gasteiger partial charge on any atom is -0.489 e. The molecule has 0 atom stereocenters. The van der Waals surface area contributed by atoms with E-state index in [1.165, 1.54) is 12.1 Å². The van der Waals surface area contributed by atoms with Gasteiger partial charge in [0, 0.05) is 0 Å². The molecule has 0 saturated heterocycles. The molecule has 0 aliphatic carbocycles. The maximum atomic E-state index is 13.1. The molecule has 1 heterocycles. The molecular weight excluding hydrogens is 337 g/mol. The third-order valence-electron chi connectivity index (χ3n) is 3.91. The number of rotatable bonds is 6. The summed E-state index contributed by atoms with van der Waals surface area (Å²) in [4.78, 5) is 12.1. The molecule has 3 aromatic rings. The lowest BCUT2D eigenvalue weighted by atomic mass is 10.2. The van der Waals surface area contributed by atoms with Crippen molar-refractivity contribution < 1.29 is 23.2 Å². The third-order valence-corrected chi connectivity index (χ3v) is 3.91. The first-order valence-corrected chi connectivity index (χ1v) is 8.09. The van der Waals surface area contributed by atoms with Crippen LogP contribution in [0.1, 0.15) is 32.9 Å². The molecule has 0 aliphatic heterocycles. The number of ether oxygens (including phenoxy) is 2. The van der Waals surface area contributed by atoms with Crippen LogP contribution in [0.3, 0.4) is 0 Å². The highest BCUT2D eigenvalue weighted by atomic mass is 19.1. The Bertz CT molecular complexity index is 883. The van der Waals surface area contributed by atoms with Gasteiger partial charge in [-0.15, -0.1) is 0 Å². The summed E-state index contributed by atoms with van der Waals surface area (Å²) in [5.74, 6) is 0.497. The zero-order chi connectivity index (χ0) is 18.5. The minimum absolute atomic E-state index is 0.0148. The highest BCUT2D eigenvalue weighted by molar-refractivity contribution is 5.89. The van der Waals surface area contributed by atoms with Gasteiger partial charge in [-0.25, -0.2) is 9.18 Å². The predicted molar refractivity (Wildman–Crippen MR) is 92.3 cm³/mol. The van der Waals surface area contributed by atoms with E-state index in [1.807, 2.05) is 13.8 Å². The molecule has 0 unspecified atom stereocenters. The lowest BCUT2D eigenvalue weighted by Gasteiger charge is -2.08. The number of benzene rings is 2. The summed E-state index contributed by atoms with van der Waals surface area (Å²) < 4.78 is 29.1. The molecule has 3 rings (SSSR count). The summed E-state index contributed by atoms with van der Waals surface area (Å²) in [6, 6.07) is 12.6. The van der Waals surface area contributed by atoms with Gasteiger partial charge >= 0.3 is 5.97 Å². The SMILES string of the molecule is Cc1noc(C)c1COc1ccc(C(=O)OCc2cccc(F)c2)cc1. The van der Waals surface area contributed by atoms with E-state index in [9.17, 15) is 9.18 Å². The Balaban J connectivity index is 1.56. The monoisotopic (exact) mass is 355 g/mol. The zero-order valence-corrected chi connectivity index (χ0v) is 14.5. The molecule has 0 spiro atoms. The minimum atomic E-state index is -0.480. The molecular formula is C20H18FNO4. The molecule has 0 amide bonds. The van der Waals surface area contributed by atoms with Crippen molar-refractivity contribution in [2.75, 3.05) is 0 Å². The fraction of sp³-hybridized carbons (Fsp3) is 0.200. The number of hydrogen-bond donors (Lipinski definition) is 0. The highest BCUT2D eigenvalue weighted by Gasteiger charge is 2.11. The quantitative estimate of drug-likeness (QED) is 0.615. The normalized spacial score (nSPS) is 10.6. The fourth-order valence-electron chi connectivity index (χ4n) is 2.41. The fourth-order valence-corrected chi connectivity index (χ4v) is 2.41. The molecule has 5 nitrogen and oxygen atoms in total. The Morgan fingerprint density at radius 2 is 1.88 bits per heavy atom. The van der Waals surface area contributed by atoms with Crippen LogP contribution in [0.4, 0.5) is 4.39 Å². The van der Waals surface area contributed by atoms with Crippen LogP contribution >= 0.6 is 0 Å². The molecule has 2 aromatic carbocycles. The Morgan fingerprint density at radius 3 is 2.54 bits per heavy atom. The van der Waals surface area contributed by atoms with Crippen molar-refractivity contribution in [3.63, 3.8) is 0 Å². The maximum absolute atomic E-state index is 13.1. The first-order valence-electron chi connectivity index (χ1n) is 8.09.